The number of nitriles is 1. The van der Waals surface area contributed by atoms with Crippen molar-refractivity contribution in [2.45, 2.75) is 6.92 Å². The highest BCUT2D eigenvalue weighted by atomic mass is 35.5. The highest BCUT2D eigenvalue weighted by molar-refractivity contribution is 6.30. The molecule has 0 aliphatic heterocycles. The van der Waals surface area contributed by atoms with Gasteiger partial charge in [-0.05, 0) is 42.8 Å². The van der Waals surface area contributed by atoms with Crippen LogP contribution < -0.4 is 4.74 Å². The Morgan fingerprint density at radius 3 is 2.61 bits per heavy atom. The van der Waals surface area contributed by atoms with Gasteiger partial charge in [0.15, 0.2) is 0 Å². The average molecular weight is 262 g/mol. The Bertz CT molecular complexity index is 634. The van der Waals surface area contributed by atoms with Crippen LogP contribution in [0.4, 0.5) is 4.39 Å². The van der Waals surface area contributed by atoms with E-state index in [0.717, 1.165) is 0 Å². The molecule has 0 saturated carbocycles. The van der Waals surface area contributed by atoms with Gasteiger partial charge in [-0.1, -0.05) is 11.6 Å². The molecule has 0 unspecified atom stereocenters. The van der Waals surface area contributed by atoms with Crippen molar-refractivity contribution in [3.63, 3.8) is 0 Å². The van der Waals surface area contributed by atoms with E-state index in [0.29, 0.717) is 27.6 Å². The highest BCUT2D eigenvalue weighted by Gasteiger charge is 2.08. The lowest BCUT2D eigenvalue weighted by molar-refractivity contribution is 0.475. The minimum Gasteiger partial charge on any atom is -0.456 e. The molecular formula is C14H9ClFNO. The van der Waals surface area contributed by atoms with Crippen molar-refractivity contribution < 1.29 is 9.13 Å². The summed E-state index contributed by atoms with van der Waals surface area (Å²) in [6.45, 7) is 1.73. The molecule has 0 N–H and O–H groups in total. The number of ether oxygens (including phenoxy) is 1. The maximum absolute atomic E-state index is 13.0. The Labute approximate surface area is 109 Å². The van der Waals surface area contributed by atoms with Gasteiger partial charge in [0, 0.05) is 11.1 Å². The van der Waals surface area contributed by atoms with Crippen molar-refractivity contribution in [1.82, 2.24) is 0 Å². The molecule has 18 heavy (non-hydrogen) atoms. The Kier molecular flexibility index (Phi) is 3.50. The van der Waals surface area contributed by atoms with E-state index in [9.17, 15) is 4.39 Å². The van der Waals surface area contributed by atoms with E-state index in [1.54, 1.807) is 25.1 Å². The SMILES string of the molecule is Cc1cc(F)ccc1Oc1cc(Cl)ccc1C#N. The quantitative estimate of drug-likeness (QED) is 0.800. The zero-order chi connectivity index (χ0) is 13.1. The van der Waals surface area contributed by atoms with Crippen LogP contribution in [-0.4, -0.2) is 0 Å². The summed E-state index contributed by atoms with van der Waals surface area (Å²) >= 11 is 5.86. The van der Waals surface area contributed by atoms with Gasteiger partial charge in [0.25, 0.3) is 0 Å². The van der Waals surface area contributed by atoms with Crippen LogP contribution in [0.5, 0.6) is 11.5 Å². The van der Waals surface area contributed by atoms with Crippen LogP contribution in [-0.2, 0) is 0 Å². The number of hydrogen-bond acceptors (Lipinski definition) is 2. The van der Waals surface area contributed by atoms with Gasteiger partial charge in [-0.25, -0.2) is 4.39 Å². The summed E-state index contributed by atoms with van der Waals surface area (Å²) in [4.78, 5) is 0. The normalized spacial score (nSPS) is 9.89. The molecule has 0 amide bonds. The zero-order valence-corrected chi connectivity index (χ0v) is 10.3. The van der Waals surface area contributed by atoms with Gasteiger partial charge in [0.2, 0.25) is 0 Å². The number of rotatable bonds is 2. The first-order valence-electron chi connectivity index (χ1n) is 5.24. The van der Waals surface area contributed by atoms with Gasteiger partial charge in [0.1, 0.15) is 23.4 Å². The largest absolute Gasteiger partial charge is 0.456 e. The number of halogens is 2. The smallest absolute Gasteiger partial charge is 0.146 e. The van der Waals surface area contributed by atoms with Crippen molar-refractivity contribution in [3.05, 3.63) is 58.4 Å². The van der Waals surface area contributed by atoms with E-state index in [4.69, 9.17) is 21.6 Å². The third-order valence-corrected chi connectivity index (χ3v) is 2.66. The molecule has 0 aromatic heterocycles. The Balaban J connectivity index is 2.40. The first-order chi connectivity index (χ1) is 8.60. The Hall–Kier alpha value is -2.05. The second kappa shape index (κ2) is 5.07. The fourth-order valence-corrected chi connectivity index (χ4v) is 1.68. The molecule has 0 heterocycles. The lowest BCUT2D eigenvalue weighted by Gasteiger charge is -2.10. The Morgan fingerprint density at radius 2 is 1.94 bits per heavy atom. The Morgan fingerprint density at radius 1 is 1.17 bits per heavy atom. The highest BCUT2D eigenvalue weighted by Crippen LogP contribution is 2.30. The van der Waals surface area contributed by atoms with Crippen LogP contribution in [0, 0.1) is 24.1 Å². The lowest BCUT2D eigenvalue weighted by Crippen LogP contribution is -1.91. The van der Waals surface area contributed by atoms with Gasteiger partial charge in [0.05, 0.1) is 5.56 Å². The van der Waals surface area contributed by atoms with Gasteiger partial charge in [-0.3, -0.25) is 0 Å². The molecule has 2 aromatic rings. The lowest BCUT2D eigenvalue weighted by atomic mass is 10.2. The maximum atomic E-state index is 13.0. The molecule has 0 saturated heterocycles. The minimum atomic E-state index is -0.327. The minimum absolute atomic E-state index is 0.327. The number of nitrogens with zero attached hydrogens (tertiary/aromatic N) is 1. The molecule has 2 rings (SSSR count). The number of aryl methyl sites for hydroxylation is 1. The van der Waals surface area contributed by atoms with Crippen molar-refractivity contribution in [2.24, 2.45) is 0 Å². The molecule has 0 aliphatic carbocycles. The molecule has 0 aliphatic rings. The summed E-state index contributed by atoms with van der Waals surface area (Å²) in [5.74, 6) is 0.529. The third kappa shape index (κ3) is 2.61. The topological polar surface area (TPSA) is 33.0 Å². The monoisotopic (exact) mass is 261 g/mol. The van der Waals surface area contributed by atoms with Gasteiger partial charge >= 0.3 is 0 Å². The fraction of sp³-hybridized carbons (Fsp3) is 0.0714. The summed E-state index contributed by atoms with van der Waals surface area (Å²) in [5.41, 5.74) is 1.03. The van der Waals surface area contributed by atoms with Gasteiger partial charge in [-0.15, -0.1) is 0 Å². The van der Waals surface area contributed by atoms with E-state index in [-0.39, 0.29) is 5.82 Å². The maximum Gasteiger partial charge on any atom is 0.146 e. The summed E-state index contributed by atoms with van der Waals surface area (Å²) in [5, 5.41) is 9.44. The van der Waals surface area contributed by atoms with Crippen LogP contribution in [0.15, 0.2) is 36.4 Å². The van der Waals surface area contributed by atoms with Crippen molar-refractivity contribution in [3.8, 4) is 17.6 Å². The average Bonchev–Trinajstić information content (AvgIpc) is 2.33. The molecule has 0 spiro atoms. The molecule has 4 heteroatoms. The second-order valence-electron chi connectivity index (χ2n) is 3.76. The van der Waals surface area contributed by atoms with E-state index in [2.05, 4.69) is 0 Å². The molecule has 0 fully saturated rings. The van der Waals surface area contributed by atoms with Crippen molar-refractivity contribution in [1.29, 1.82) is 5.26 Å². The molecule has 90 valence electrons. The third-order valence-electron chi connectivity index (χ3n) is 2.42. The second-order valence-corrected chi connectivity index (χ2v) is 4.20. The molecule has 2 nitrogen and oxygen atoms in total. The molecule has 0 bridgehead atoms. The van der Waals surface area contributed by atoms with Gasteiger partial charge in [-0.2, -0.15) is 5.26 Å². The summed E-state index contributed by atoms with van der Waals surface area (Å²) in [7, 11) is 0. The summed E-state index contributed by atoms with van der Waals surface area (Å²) in [6, 6.07) is 11.0. The molecule has 0 radical (unpaired) electrons. The predicted molar refractivity (Wildman–Crippen MR) is 67.4 cm³/mol. The van der Waals surface area contributed by atoms with Crippen molar-refractivity contribution in [2.75, 3.05) is 0 Å². The standard InChI is InChI=1S/C14H9ClFNO/c1-9-6-12(16)4-5-13(9)18-14-7-11(15)3-2-10(14)8-17/h2-7H,1H3. The van der Waals surface area contributed by atoms with Crippen LogP contribution in [0.2, 0.25) is 5.02 Å². The van der Waals surface area contributed by atoms with E-state index in [1.807, 2.05) is 6.07 Å². The molecular weight excluding hydrogens is 253 g/mol. The molecule has 2 aromatic carbocycles. The van der Waals surface area contributed by atoms with Crippen LogP contribution >= 0.6 is 11.6 Å². The van der Waals surface area contributed by atoms with Crippen LogP contribution in [0.1, 0.15) is 11.1 Å². The number of hydrogen-bond donors (Lipinski definition) is 0. The van der Waals surface area contributed by atoms with E-state index >= 15 is 0 Å². The summed E-state index contributed by atoms with van der Waals surface area (Å²) in [6.07, 6.45) is 0. The van der Waals surface area contributed by atoms with Crippen LogP contribution in [0.25, 0.3) is 0 Å². The van der Waals surface area contributed by atoms with Crippen molar-refractivity contribution >= 4 is 11.6 Å². The predicted octanol–water partition coefficient (Wildman–Crippen LogP) is 4.45. The summed E-state index contributed by atoms with van der Waals surface area (Å²) < 4.78 is 18.6. The van der Waals surface area contributed by atoms with E-state index in [1.165, 1.54) is 18.2 Å². The first-order valence-corrected chi connectivity index (χ1v) is 5.61. The fourth-order valence-electron chi connectivity index (χ4n) is 1.52. The first kappa shape index (κ1) is 12.4. The van der Waals surface area contributed by atoms with Crippen LogP contribution in [0.3, 0.4) is 0 Å². The number of benzene rings is 2. The van der Waals surface area contributed by atoms with Gasteiger partial charge < -0.3 is 4.74 Å². The van der Waals surface area contributed by atoms with E-state index < -0.39 is 0 Å². The zero-order valence-electron chi connectivity index (χ0n) is 9.58. The molecule has 0 atom stereocenters.